The average molecular weight is 592 g/mol. The molecule has 1 heterocycles. The van der Waals surface area contributed by atoms with Crippen molar-refractivity contribution >= 4 is 17.8 Å². The molecule has 0 fully saturated rings. The van der Waals surface area contributed by atoms with Gasteiger partial charge < -0.3 is 42.6 Å². The molecular formula is C28H49NO12. The molecular weight excluding hydrogens is 542 g/mol. The van der Waals surface area contributed by atoms with E-state index in [1.165, 1.54) is 12.2 Å². The number of nitrogens with zero attached hydrogens (tertiary/aromatic N) is 1. The minimum absolute atomic E-state index is 0.166. The second-order valence-corrected chi connectivity index (χ2v) is 8.74. The van der Waals surface area contributed by atoms with Gasteiger partial charge in [-0.05, 0) is 6.42 Å². The summed E-state index contributed by atoms with van der Waals surface area (Å²) < 4.78 is 48.3. The smallest absolute Gasteiger partial charge is 0.305 e. The average Bonchev–Trinajstić information content (AvgIpc) is 3.29. The van der Waals surface area contributed by atoms with Crippen LogP contribution in [0.25, 0.3) is 0 Å². The molecule has 0 aromatic heterocycles. The fraction of sp³-hybridized carbons (Fsp3) is 0.821. The van der Waals surface area contributed by atoms with Gasteiger partial charge in [0.2, 0.25) is 0 Å². The highest BCUT2D eigenvalue weighted by Gasteiger charge is 2.22. The zero-order chi connectivity index (χ0) is 29.6. The van der Waals surface area contributed by atoms with Gasteiger partial charge in [0.05, 0.1) is 112 Å². The Hall–Kier alpha value is -1.97. The van der Waals surface area contributed by atoms with Crippen LogP contribution in [0.5, 0.6) is 0 Å². The maximum absolute atomic E-state index is 11.4. The van der Waals surface area contributed by atoms with E-state index in [9.17, 15) is 14.4 Å². The van der Waals surface area contributed by atoms with Gasteiger partial charge in [-0.25, -0.2) is 0 Å². The molecule has 0 atom stereocenters. The van der Waals surface area contributed by atoms with Crippen molar-refractivity contribution in [3.63, 3.8) is 0 Å². The quantitative estimate of drug-likeness (QED) is 0.0650. The Labute approximate surface area is 243 Å². The van der Waals surface area contributed by atoms with Crippen LogP contribution in [0.3, 0.4) is 0 Å². The van der Waals surface area contributed by atoms with E-state index in [0.717, 1.165) is 24.2 Å². The summed E-state index contributed by atoms with van der Waals surface area (Å²) in [5.41, 5.74) is 0. The third-order valence-electron chi connectivity index (χ3n) is 5.44. The topological polar surface area (TPSA) is 138 Å². The summed E-state index contributed by atoms with van der Waals surface area (Å²) in [6, 6.07) is 0. The first-order valence-electron chi connectivity index (χ1n) is 14.5. The van der Waals surface area contributed by atoms with Crippen LogP contribution in [0.1, 0.15) is 32.6 Å². The Bertz CT molecular complexity index is 673. The van der Waals surface area contributed by atoms with Gasteiger partial charge >= 0.3 is 5.97 Å². The number of hydrogen-bond donors (Lipinski definition) is 0. The van der Waals surface area contributed by atoms with E-state index < -0.39 is 0 Å². The first kappa shape index (κ1) is 37.1. The molecule has 0 bridgehead atoms. The highest BCUT2D eigenvalue weighted by molar-refractivity contribution is 6.12. The Balaban J connectivity index is 1.65. The minimum Gasteiger partial charge on any atom is -0.463 e. The van der Waals surface area contributed by atoms with Crippen molar-refractivity contribution in [3.8, 4) is 0 Å². The number of carbonyl (C=O) groups excluding carboxylic acids is 3. The summed E-state index contributed by atoms with van der Waals surface area (Å²) in [5, 5.41) is 0. The van der Waals surface area contributed by atoms with E-state index in [1.54, 1.807) is 0 Å². The number of ether oxygens (including phenoxy) is 9. The Morgan fingerprint density at radius 3 is 1.24 bits per heavy atom. The minimum atomic E-state index is -0.308. The van der Waals surface area contributed by atoms with E-state index in [-0.39, 0.29) is 37.5 Å². The van der Waals surface area contributed by atoms with Crippen LogP contribution in [0.15, 0.2) is 12.2 Å². The summed E-state index contributed by atoms with van der Waals surface area (Å²) >= 11 is 0. The van der Waals surface area contributed by atoms with Crippen molar-refractivity contribution < 1.29 is 57.0 Å². The lowest BCUT2D eigenvalue weighted by Gasteiger charge is -2.13. The fourth-order valence-electron chi connectivity index (χ4n) is 3.25. The van der Waals surface area contributed by atoms with Crippen molar-refractivity contribution in [3.05, 3.63) is 12.2 Å². The van der Waals surface area contributed by atoms with Gasteiger partial charge in [0.1, 0.15) is 6.61 Å². The third-order valence-corrected chi connectivity index (χ3v) is 5.44. The largest absolute Gasteiger partial charge is 0.463 e. The molecule has 13 heteroatoms. The van der Waals surface area contributed by atoms with Crippen LogP contribution < -0.4 is 0 Å². The van der Waals surface area contributed by atoms with Crippen molar-refractivity contribution in [2.75, 3.05) is 119 Å². The van der Waals surface area contributed by atoms with Gasteiger partial charge in [-0.1, -0.05) is 19.8 Å². The number of amides is 2. The van der Waals surface area contributed by atoms with Crippen LogP contribution in [0.4, 0.5) is 0 Å². The normalized spacial score (nSPS) is 13.0. The number of esters is 1. The zero-order valence-electron chi connectivity index (χ0n) is 24.6. The van der Waals surface area contributed by atoms with Crippen molar-refractivity contribution in [1.82, 2.24) is 4.90 Å². The first-order valence-corrected chi connectivity index (χ1v) is 14.5. The molecule has 1 aliphatic rings. The third kappa shape index (κ3) is 23.3. The van der Waals surface area contributed by atoms with Crippen LogP contribution in [-0.2, 0) is 57.0 Å². The van der Waals surface area contributed by atoms with Gasteiger partial charge in [-0.2, -0.15) is 0 Å². The first-order chi connectivity index (χ1) is 20.1. The van der Waals surface area contributed by atoms with Gasteiger partial charge in [0, 0.05) is 18.6 Å². The molecule has 0 radical (unpaired) electrons. The Morgan fingerprint density at radius 1 is 0.537 bits per heavy atom. The van der Waals surface area contributed by atoms with Crippen molar-refractivity contribution in [2.24, 2.45) is 0 Å². The second kappa shape index (κ2) is 28.2. The van der Waals surface area contributed by atoms with E-state index in [1.807, 2.05) is 0 Å². The summed E-state index contributed by atoms with van der Waals surface area (Å²) in [6.45, 7) is 9.63. The molecule has 0 aromatic rings. The van der Waals surface area contributed by atoms with Gasteiger partial charge in [-0.15, -0.1) is 0 Å². The molecule has 1 rings (SSSR count). The number of imide groups is 1. The summed E-state index contributed by atoms with van der Waals surface area (Å²) in [5.74, 6) is -0.781. The predicted octanol–water partition coefficient (Wildman–Crippen LogP) is 1.17. The molecule has 0 unspecified atom stereocenters. The monoisotopic (exact) mass is 591 g/mol. The lowest BCUT2D eigenvalue weighted by molar-refractivity contribution is -0.145. The second-order valence-electron chi connectivity index (χ2n) is 8.74. The Morgan fingerprint density at radius 2 is 0.878 bits per heavy atom. The lowest BCUT2D eigenvalue weighted by atomic mass is 10.2. The van der Waals surface area contributed by atoms with Crippen LogP contribution >= 0.6 is 0 Å². The van der Waals surface area contributed by atoms with E-state index >= 15 is 0 Å². The van der Waals surface area contributed by atoms with Crippen molar-refractivity contribution in [1.29, 1.82) is 0 Å². The van der Waals surface area contributed by atoms with Gasteiger partial charge in [-0.3, -0.25) is 19.3 Å². The standard InChI is InChI=1S/C28H49NO12/c1-2-3-4-5-28(32)41-25-24-40-23-22-39-21-20-38-19-18-37-17-16-36-15-14-35-13-12-34-11-10-33-9-8-29-26(30)6-7-27(29)31/h6-7H,2-5,8-25H2,1H3. The Kier molecular flexibility index (Phi) is 25.5. The number of rotatable bonds is 31. The molecule has 238 valence electrons. The number of hydrogen-bond acceptors (Lipinski definition) is 12. The zero-order valence-corrected chi connectivity index (χ0v) is 24.6. The lowest BCUT2D eigenvalue weighted by Crippen LogP contribution is -2.33. The summed E-state index contributed by atoms with van der Waals surface area (Å²) in [7, 11) is 0. The van der Waals surface area contributed by atoms with Crippen molar-refractivity contribution in [2.45, 2.75) is 32.6 Å². The molecule has 0 saturated carbocycles. The fourth-order valence-corrected chi connectivity index (χ4v) is 3.25. The maximum atomic E-state index is 11.4. The molecule has 0 saturated heterocycles. The molecule has 1 aliphatic heterocycles. The molecule has 0 N–H and O–H groups in total. The van der Waals surface area contributed by atoms with Gasteiger partial charge in [0.15, 0.2) is 0 Å². The summed E-state index contributed by atoms with van der Waals surface area (Å²) in [4.78, 5) is 35.3. The van der Waals surface area contributed by atoms with E-state index in [0.29, 0.717) is 106 Å². The molecule has 13 nitrogen and oxygen atoms in total. The van der Waals surface area contributed by atoms with Crippen LogP contribution in [0, 0.1) is 0 Å². The number of carbonyl (C=O) groups is 3. The molecule has 0 aromatic carbocycles. The van der Waals surface area contributed by atoms with Crippen LogP contribution in [0.2, 0.25) is 0 Å². The maximum Gasteiger partial charge on any atom is 0.305 e. The SMILES string of the molecule is CCCCCC(=O)OCCOCCOCCOCCOCCOCCOCCOCCOCCN1C(=O)C=CC1=O. The summed E-state index contributed by atoms with van der Waals surface area (Å²) in [6.07, 6.45) is 5.98. The van der Waals surface area contributed by atoms with E-state index in [4.69, 9.17) is 42.6 Å². The van der Waals surface area contributed by atoms with Crippen LogP contribution in [-0.4, -0.2) is 142 Å². The highest BCUT2D eigenvalue weighted by Crippen LogP contribution is 2.02. The molecule has 0 spiro atoms. The van der Waals surface area contributed by atoms with Gasteiger partial charge in [0.25, 0.3) is 11.8 Å². The molecule has 0 aliphatic carbocycles. The number of unbranched alkanes of at least 4 members (excludes halogenated alkanes) is 2. The molecule has 2 amide bonds. The predicted molar refractivity (Wildman–Crippen MR) is 148 cm³/mol. The molecule has 41 heavy (non-hydrogen) atoms. The highest BCUT2D eigenvalue weighted by atomic mass is 16.6. The van der Waals surface area contributed by atoms with E-state index in [2.05, 4.69) is 6.92 Å².